The van der Waals surface area contributed by atoms with Crippen LogP contribution in [-0.2, 0) is 16.6 Å². The number of carbonyl (C=O) groups is 2. The molecule has 23 heavy (non-hydrogen) atoms. The first-order chi connectivity index (χ1) is 11.0. The summed E-state index contributed by atoms with van der Waals surface area (Å²) in [6, 6.07) is 7.54. The summed E-state index contributed by atoms with van der Waals surface area (Å²) in [5.41, 5.74) is 1.59. The van der Waals surface area contributed by atoms with Crippen molar-refractivity contribution in [3.8, 4) is 0 Å². The number of hydrogen-bond donors (Lipinski definition) is 2. The minimum Gasteiger partial charge on any atom is -0.393 e. The average molecular weight is 315 g/mol. The number of aliphatic hydroxyl groups is 1. The minimum absolute atomic E-state index is 0.0477. The Hall–Kier alpha value is -2.34. The molecule has 2 amide bonds. The number of carbonyl (C=O) groups excluding carboxylic acids is 2. The number of anilines is 1. The summed E-state index contributed by atoms with van der Waals surface area (Å²) >= 11 is 0. The van der Waals surface area contributed by atoms with E-state index in [2.05, 4.69) is 5.32 Å². The van der Waals surface area contributed by atoms with Gasteiger partial charge in [-0.1, -0.05) is 6.07 Å². The lowest BCUT2D eigenvalue weighted by atomic mass is 10.0. The quantitative estimate of drug-likeness (QED) is 0.822. The van der Waals surface area contributed by atoms with Crippen molar-refractivity contribution in [2.45, 2.75) is 19.4 Å². The molecule has 0 aliphatic carbocycles. The molecule has 122 valence electrons. The van der Waals surface area contributed by atoms with E-state index in [0.717, 1.165) is 17.3 Å². The predicted octanol–water partition coefficient (Wildman–Crippen LogP) is 1.35. The van der Waals surface area contributed by atoms with E-state index in [9.17, 15) is 14.7 Å². The van der Waals surface area contributed by atoms with E-state index in [1.54, 1.807) is 13.0 Å². The van der Waals surface area contributed by atoms with Gasteiger partial charge in [-0.2, -0.15) is 0 Å². The molecular weight excluding hydrogens is 294 g/mol. The van der Waals surface area contributed by atoms with Gasteiger partial charge in [0.05, 0.1) is 6.10 Å². The summed E-state index contributed by atoms with van der Waals surface area (Å²) in [4.78, 5) is 25.9. The van der Waals surface area contributed by atoms with Crippen LogP contribution < -0.4 is 5.32 Å². The maximum atomic E-state index is 12.2. The Labute approximate surface area is 134 Å². The zero-order valence-electron chi connectivity index (χ0n) is 13.3. The molecule has 1 aliphatic heterocycles. The first-order valence-corrected chi connectivity index (χ1v) is 7.79. The third-order valence-electron chi connectivity index (χ3n) is 4.53. The highest BCUT2D eigenvalue weighted by Gasteiger charge is 2.32. The van der Waals surface area contributed by atoms with Gasteiger partial charge in [0.15, 0.2) is 0 Å². The van der Waals surface area contributed by atoms with Crippen LogP contribution in [0.3, 0.4) is 0 Å². The third kappa shape index (κ3) is 3.07. The summed E-state index contributed by atoms with van der Waals surface area (Å²) in [5.74, 6) is -1.13. The van der Waals surface area contributed by atoms with Gasteiger partial charge >= 0.3 is 11.8 Å². The number of nitrogens with zero attached hydrogens (tertiary/aromatic N) is 2. The van der Waals surface area contributed by atoms with Crippen molar-refractivity contribution in [3.05, 3.63) is 30.5 Å². The summed E-state index contributed by atoms with van der Waals surface area (Å²) in [5, 5.41) is 13.3. The van der Waals surface area contributed by atoms with Crippen molar-refractivity contribution in [2.24, 2.45) is 13.0 Å². The molecule has 2 heterocycles. The molecule has 1 aliphatic rings. The van der Waals surface area contributed by atoms with E-state index in [1.165, 1.54) is 4.90 Å². The van der Waals surface area contributed by atoms with Crippen LogP contribution in [0.5, 0.6) is 0 Å². The van der Waals surface area contributed by atoms with Gasteiger partial charge in [-0.05, 0) is 36.9 Å². The summed E-state index contributed by atoms with van der Waals surface area (Å²) in [6.45, 7) is 2.66. The number of aryl methyl sites for hydroxylation is 1. The van der Waals surface area contributed by atoms with Crippen molar-refractivity contribution in [1.29, 1.82) is 0 Å². The molecule has 2 unspecified atom stereocenters. The first kappa shape index (κ1) is 15.6. The first-order valence-electron chi connectivity index (χ1n) is 7.79. The number of aliphatic hydroxyl groups excluding tert-OH is 1. The van der Waals surface area contributed by atoms with Gasteiger partial charge in [0.1, 0.15) is 0 Å². The van der Waals surface area contributed by atoms with Crippen molar-refractivity contribution in [1.82, 2.24) is 9.47 Å². The molecule has 3 rings (SSSR count). The van der Waals surface area contributed by atoms with Crippen molar-refractivity contribution < 1.29 is 14.7 Å². The van der Waals surface area contributed by atoms with Gasteiger partial charge < -0.3 is 19.9 Å². The Morgan fingerprint density at radius 3 is 2.83 bits per heavy atom. The number of rotatable bonds is 2. The molecule has 1 saturated heterocycles. The molecule has 0 bridgehead atoms. The number of nitrogens with one attached hydrogen (secondary N) is 1. The van der Waals surface area contributed by atoms with Gasteiger partial charge in [-0.25, -0.2) is 0 Å². The molecule has 6 heteroatoms. The second-order valence-electron chi connectivity index (χ2n) is 6.19. The maximum absolute atomic E-state index is 12.2. The van der Waals surface area contributed by atoms with E-state index in [1.807, 2.05) is 36.0 Å². The van der Waals surface area contributed by atoms with Gasteiger partial charge in [0, 0.05) is 43.5 Å². The standard InChI is InChI=1S/C17H21N3O3/c1-11(21)13-6-8-20(10-13)17(23)16(22)18-14-4-3-12-5-7-19(2)15(12)9-14/h3-5,7,9,11,13,21H,6,8,10H2,1-2H3,(H,18,22). The van der Waals surface area contributed by atoms with Crippen LogP contribution in [0.25, 0.3) is 10.9 Å². The topological polar surface area (TPSA) is 74.6 Å². The SMILES string of the molecule is CC(O)C1CCN(C(=O)C(=O)Nc2ccc3ccn(C)c3c2)C1. The fraction of sp³-hybridized carbons (Fsp3) is 0.412. The molecule has 2 atom stereocenters. The molecule has 6 nitrogen and oxygen atoms in total. The number of hydrogen-bond acceptors (Lipinski definition) is 3. The smallest absolute Gasteiger partial charge is 0.313 e. The second-order valence-corrected chi connectivity index (χ2v) is 6.19. The lowest BCUT2D eigenvalue weighted by Crippen LogP contribution is -2.38. The van der Waals surface area contributed by atoms with E-state index in [4.69, 9.17) is 0 Å². The molecule has 1 aromatic heterocycles. The van der Waals surface area contributed by atoms with Crippen molar-refractivity contribution >= 4 is 28.4 Å². The fourth-order valence-electron chi connectivity index (χ4n) is 3.03. The Balaban J connectivity index is 1.68. The minimum atomic E-state index is -0.634. The van der Waals surface area contributed by atoms with Crippen LogP contribution in [0.4, 0.5) is 5.69 Å². The zero-order chi connectivity index (χ0) is 16.6. The highest BCUT2D eigenvalue weighted by molar-refractivity contribution is 6.39. The fourth-order valence-corrected chi connectivity index (χ4v) is 3.03. The van der Waals surface area contributed by atoms with Crippen LogP contribution in [-0.4, -0.2) is 45.6 Å². The third-order valence-corrected chi connectivity index (χ3v) is 4.53. The molecule has 0 radical (unpaired) electrons. The van der Waals surface area contributed by atoms with Crippen molar-refractivity contribution in [3.63, 3.8) is 0 Å². The molecule has 2 aromatic rings. The number of amides is 2. The summed E-state index contributed by atoms with van der Waals surface area (Å²) in [6.07, 6.45) is 2.21. The predicted molar refractivity (Wildman–Crippen MR) is 87.9 cm³/mol. The average Bonchev–Trinajstić information content (AvgIpc) is 3.14. The Morgan fingerprint density at radius 1 is 1.35 bits per heavy atom. The van der Waals surface area contributed by atoms with E-state index in [0.29, 0.717) is 18.8 Å². The van der Waals surface area contributed by atoms with Gasteiger partial charge in [-0.3, -0.25) is 9.59 Å². The molecule has 0 saturated carbocycles. The lowest BCUT2D eigenvalue weighted by Gasteiger charge is -2.17. The van der Waals surface area contributed by atoms with Gasteiger partial charge in [-0.15, -0.1) is 0 Å². The van der Waals surface area contributed by atoms with E-state index >= 15 is 0 Å². The monoisotopic (exact) mass is 315 g/mol. The van der Waals surface area contributed by atoms with Gasteiger partial charge in [0.25, 0.3) is 0 Å². The Kier molecular flexibility index (Phi) is 4.09. The molecule has 1 fully saturated rings. The van der Waals surface area contributed by atoms with E-state index < -0.39 is 17.9 Å². The molecule has 2 N–H and O–H groups in total. The number of aromatic nitrogens is 1. The largest absolute Gasteiger partial charge is 0.393 e. The van der Waals surface area contributed by atoms with Gasteiger partial charge in [0.2, 0.25) is 0 Å². The van der Waals surface area contributed by atoms with Crippen LogP contribution in [0.1, 0.15) is 13.3 Å². The molecule has 0 spiro atoms. The highest BCUT2D eigenvalue weighted by atomic mass is 16.3. The normalized spacial score (nSPS) is 19.1. The summed E-state index contributed by atoms with van der Waals surface area (Å²) in [7, 11) is 1.93. The summed E-state index contributed by atoms with van der Waals surface area (Å²) < 4.78 is 1.96. The van der Waals surface area contributed by atoms with Crippen LogP contribution in [0, 0.1) is 5.92 Å². The Bertz CT molecular complexity index is 751. The van der Waals surface area contributed by atoms with Crippen molar-refractivity contribution in [2.75, 3.05) is 18.4 Å². The number of benzene rings is 1. The molecular formula is C17H21N3O3. The lowest BCUT2D eigenvalue weighted by molar-refractivity contribution is -0.142. The number of likely N-dealkylation sites (tertiary alicyclic amines) is 1. The molecule has 1 aromatic carbocycles. The highest BCUT2D eigenvalue weighted by Crippen LogP contribution is 2.21. The number of fused-ring (bicyclic) bond motifs is 1. The Morgan fingerprint density at radius 2 is 2.13 bits per heavy atom. The van der Waals surface area contributed by atoms with Crippen LogP contribution >= 0.6 is 0 Å². The van der Waals surface area contributed by atoms with Crippen LogP contribution in [0.2, 0.25) is 0 Å². The maximum Gasteiger partial charge on any atom is 0.313 e. The van der Waals surface area contributed by atoms with E-state index in [-0.39, 0.29) is 5.92 Å². The van der Waals surface area contributed by atoms with Crippen LogP contribution in [0.15, 0.2) is 30.5 Å². The zero-order valence-corrected chi connectivity index (χ0v) is 13.3. The second kappa shape index (κ2) is 6.04.